The van der Waals surface area contributed by atoms with Crippen LogP contribution in [0, 0.1) is 0 Å². The van der Waals surface area contributed by atoms with Gasteiger partial charge in [-0.3, -0.25) is 0 Å². The third-order valence-electron chi connectivity index (χ3n) is 1.73. The van der Waals surface area contributed by atoms with Crippen molar-refractivity contribution in [3.63, 3.8) is 0 Å². The van der Waals surface area contributed by atoms with Crippen LogP contribution < -0.4 is 0 Å². The van der Waals surface area contributed by atoms with E-state index in [9.17, 15) is 0 Å². The van der Waals surface area contributed by atoms with E-state index >= 15 is 0 Å². The highest BCUT2D eigenvalue weighted by Crippen LogP contribution is 2.18. The normalized spacial score (nSPS) is 17.4. The molecule has 0 amide bonds. The van der Waals surface area contributed by atoms with Gasteiger partial charge in [0, 0.05) is 6.42 Å². The minimum atomic E-state index is 0.757. The van der Waals surface area contributed by atoms with Crippen LogP contribution in [-0.4, -0.2) is 6.61 Å². The molecule has 0 aromatic carbocycles. The Kier molecular flexibility index (Phi) is 2.55. The molecule has 1 rings (SSSR count). The summed E-state index contributed by atoms with van der Waals surface area (Å²) in [5.41, 5.74) is 1.36. The summed E-state index contributed by atoms with van der Waals surface area (Å²) in [6.07, 6.45) is 6.34. The van der Waals surface area contributed by atoms with E-state index in [4.69, 9.17) is 4.74 Å². The molecule has 0 N–H and O–H groups in total. The average Bonchev–Trinajstić information content (AvgIpc) is 2.04. The first kappa shape index (κ1) is 7.39. The summed E-state index contributed by atoms with van der Waals surface area (Å²) in [6.45, 7) is 5.04. The molecule has 0 spiro atoms. The lowest BCUT2D eigenvalue weighted by atomic mass is 10.1. The van der Waals surface area contributed by atoms with E-state index in [1.165, 1.54) is 11.3 Å². The topological polar surface area (TPSA) is 9.23 Å². The van der Waals surface area contributed by atoms with Crippen molar-refractivity contribution < 1.29 is 4.74 Å². The molecule has 0 saturated carbocycles. The average molecular weight is 138 g/mol. The third kappa shape index (κ3) is 1.41. The van der Waals surface area contributed by atoms with Crippen LogP contribution in [-0.2, 0) is 4.74 Å². The number of allylic oxidation sites excluding steroid dienone is 3. The fraction of sp³-hybridized carbons (Fsp3) is 0.556. The van der Waals surface area contributed by atoms with E-state index in [0.717, 1.165) is 19.4 Å². The Morgan fingerprint density at radius 1 is 1.40 bits per heavy atom. The molecule has 0 radical (unpaired) electrons. The molecule has 0 aromatic heterocycles. The first-order valence-electron chi connectivity index (χ1n) is 3.89. The van der Waals surface area contributed by atoms with Crippen LogP contribution in [0.2, 0.25) is 0 Å². The van der Waals surface area contributed by atoms with Crippen molar-refractivity contribution in [2.45, 2.75) is 26.7 Å². The smallest absolute Gasteiger partial charge is 0.106 e. The van der Waals surface area contributed by atoms with E-state index < -0.39 is 0 Å². The molecule has 1 aliphatic heterocycles. The second-order valence-corrected chi connectivity index (χ2v) is 2.37. The van der Waals surface area contributed by atoms with E-state index in [1.54, 1.807) is 0 Å². The van der Waals surface area contributed by atoms with Crippen molar-refractivity contribution in [1.29, 1.82) is 0 Å². The molecule has 1 heteroatoms. The van der Waals surface area contributed by atoms with Gasteiger partial charge < -0.3 is 4.74 Å². The maximum atomic E-state index is 5.42. The van der Waals surface area contributed by atoms with Gasteiger partial charge in [-0.05, 0) is 18.1 Å². The van der Waals surface area contributed by atoms with Gasteiger partial charge in [0.05, 0.1) is 5.76 Å². The number of hydrogen-bond acceptors (Lipinski definition) is 1. The maximum absolute atomic E-state index is 5.42. The summed E-state index contributed by atoms with van der Waals surface area (Å²) in [5.74, 6) is 1.17. The fourth-order valence-corrected chi connectivity index (χ4v) is 1.17. The predicted octanol–water partition coefficient (Wildman–Crippen LogP) is 2.65. The molecule has 1 nitrogen and oxygen atoms in total. The molecule has 0 aliphatic carbocycles. The Bertz CT molecular complexity index is 166. The Morgan fingerprint density at radius 2 is 2.20 bits per heavy atom. The molecule has 0 unspecified atom stereocenters. The highest BCUT2D eigenvalue weighted by molar-refractivity contribution is 5.24. The van der Waals surface area contributed by atoms with Crippen molar-refractivity contribution in [2.75, 3.05) is 6.61 Å². The summed E-state index contributed by atoms with van der Waals surface area (Å²) >= 11 is 0. The monoisotopic (exact) mass is 138 g/mol. The van der Waals surface area contributed by atoms with Gasteiger partial charge in [0.2, 0.25) is 0 Å². The van der Waals surface area contributed by atoms with Crippen molar-refractivity contribution in [1.82, 2.24) is 0 Å². The van der Waals surface area contributed by atoms with Crippen LogP contribution in [0.5, 0.6) is 0 Å². The summed E-state index contributed by atoms with van der Waals surface area (Å²) in [5, 5.41) is 0. The molecule has 10 heavy (non-hydrogen) atoms. The molecular weight excluding hydrogens is 124 g/mol. The zero-order valence-corrected chi connectivity index (χ0v) is 6.68. The Morgan fingerprint density at radius 3 is 2.70 bits per heavy atom. The first-order chi connectivity index (χ1) is 4.88. The van der Waals surface area contributed by atoms with E-state index in [0.29, 0.717) is 0 Å². The van der Waals surface area contributed by atoms with Crippen molar-refractivity contribution in [3.05, 3.63) is 23.5 Å². The minimum absolute atomic E-state index is 0.757. The van der Waals surface area contributed by atoms with Crippen LogP contribution in [0.4, 0.5) is 0 Å². The van der Waals surface area contributed by atoms with Crippen LogP contribution in [0.15, 0.2) is 23.5 Å². The first-order valence-corrected chi connectivity index (χ1v) is 3.89. The van der Waals surface area contributed by atoms with Gasteiger partial charge >= 0.3 is 0 Å². The second kappa shape index (κ2) is 3.45. The van der Waals surface area contributed by atoms with Gasteiger partial charge in [-0.25, -0.2) is 0 Å². The zero-order valence-electron chi connectivity index (χ0n) is 6.68. The molecule has 0 aromatic rings. The molecule has 0 atom stereocenters. The van der Waals surface area contributed by atoms with Crippen molar-refractivity contribution in [3.8, 4) is 0 Å². The molecule has 56 valence electrons. The fourth-order valence-electron chi connectivity index (χ4n) is 1.17. The zero-order chi connectivity index (χ0) is 7.40. The highest BCUT2D eigenvalue weighted by Gasteiger charge is 2.04. The van der Waals surface area contributed by atoms with Gasteiger partial charge in [0.1, 0.15) is 6.61 Å². The maximum Gasteiger partial charge on any atom is 0.106 e. The third-order valence-corrected chi connectivity index (χ3v) is 1.73. The summed E-state index contributed by atoms with van der Waals surface area (Å²) in [6, 6.07) is 0. The van der Waals surface area contributed by atoms with Crippen LogP contribution in [0.1, 0.15) is 26.7 Å². The molecule has 0 fully saturated rings. The predicted molar refractivity (Wildman–Crippen MR) is 42.7 cm³/mol. The minimum Gasteiger partial charge on any atom is -0.494 e. The summed E-state index contributed by atoms with van der Waals surface area (Å²) < 4.78 is 5.42. The summed E-state index contributed by atoms with van der Waals surface area (Å²) in [7, 11) is 0. The lowest BCUT2D eigenvalue weighted by Crippen LogP contribution is -2.00. The van der Waals surface area contributed by atoms with Gasteiger partial charge in [0.25, 0.3) is 0 Å². The van der Waals surface area contributed by atoms with Crippen molar-refractivity contribution >= 4 is 0 Å². The Labute approximate surface area is 62.4 Å². The quantitative estimate of drug-likeness (QED) is 0.570. The SMILES string of the molecule is CCC1=C(CC)OCC=C1. The number of hydrogen-bond donors (Lipinski definition) is 0. The molecular formula is C9H14O. The molecule has 1 aliphatic rings. The molecule has 0 bridgehead atoms. The second-order valence-electron chi connectivity index (χ2n) is 2.37. The van der Waals surface area contributed by atoms with Gasteiger partial charge in [-0.15, -0.1) is 0 Å². The van der Waals surface area contributed by atoms with Gasteiger partial charge in [0.15, 0.2) is 0 Å². The molecule has 1 heterocycles. The van der Waals surface area contributed by atoms with Gasteiger partial charge in [-0.1, -0.05) is 19.9 Å². The van der Waals surface area contributed by atoms with Crippen LogP contribution >= 0.6 is 0 Å². The highest BCUT2D eigenvalue weighted by atomic mass is 16.5. The lowest BCUT2D eigenvalue weighted by Gasteiger charge is -2.14. The van der Waals surface area contributed by atoms with E-state index in [1.807, 2.05) is 0 Å². The van der Waals surface area contributed by atoms with Crippen molar-refractivity contribution in [2.24, 2.45) is 0 Å². The van der Waals surface area contributed by atoms with E-state index in [-0.39, 0.29) is 0 Å². The van der Waals surface area contributed by atoms with Crippen LogP contribution in [0.3, 0.4) is 0 Å². The Hall–Kier alpha value is -0.720. The number of rotatable bonds is 2. The molecule has 0 saturated heterocycles. The van der Waals surface area contributed by atoms with Crippen LogP contribution in [0.25, 0.3) is 0 Å². The summed E-state index contributed by atoms with van der Waals surface area (Å²) in [4.78, 5) is 0. The van der Waals surface area contributed by atoms with Gasteiger partial charge in [-0.2, -0.15) is 0 Å². The standard InChI is InChI=1S/C9H14O/c1-3-8-6-5-7-10-9(8)4-2/h5-6H,3-4,7H2,1-2H3. The largest absolute Gasteiger partial charge is 0.494 e. The lowest BCUT2D eigenvalue weighted by molar-refractivity contribution is 0.230. The number of ether oxygens (including phenoxy) is 1. The van der Waals surface area contributed by atoms with E-state index in [2.05, 4.69) is 26.0 Å². The Balaban J connectivity index is 2.73.